The van der Waals surface area contributed by atoms with E-state index in [4.69, 9.17) is 0 Å². The first-order valence-corrected chi connectivity index (χ1v) is 10.7. The first-order chi connectivity index (χ1) is 13.7. The van der Waals surface area contributed by atoms with E-state index < -0.39 is 0 Å². The van der Waals surface area contributed by atoms with Crippen LogP contribution in [0.1, 0.15) is 12.5 Å². The third-order valence-corrected chi connectivity index (χ3v) is 5.69. The molecule has 4 heterocycles. The van der Waals surface area contributed by atoms with Crippen molar-refractivity contribution in [2.24, 2.45) is 0 Å². The zero-order chi connectivity index (χ0) is 19.3. The normalized spacial score (nSPS) is 12.2. The van der Waals surface area contributed by atoms with Gasteiger partial charge in [0.2, 0.25) is 5.91 Å². The minimum absolute atomic E-state index is 0.00846. The van der Waals surface area contributed by atoms with E-state index in [0.29, 0.717) is 17.2 Å². The summed E-state index contributed by atoms with van der Waals surface area (Å²) in [5, 5.41) is 20.8. The van der Waals surface area contributed by atoms with E-state index in [2.05, 4.69) is 37.0 Å². The van der Waals surface area contributed by atoms with Gasteiger partial charge in [0, 0.05) is 24.0 Å². The molecule has 4 aromatic heterocycles. The second-order valence-electron chi connectivity index (χ2n) is 6.30. The molecule has 4 rings (SSSR count). The summed E-state index contributed by atoms with van der Waals surface area (Å²) >= 11 is 3.06. The van der Waals surface area contributed by atoms with Crippen LogP contribution in [0.2, 0.25) is 0 Å². The smallest absolute Gasteiger partial charge is 0.230 e. The Labute approximate surface area is 170 Å². The molecule has 4 aromatic rings. The number of thioether (sulfide) groups is 1. The van der Waals surface area contributed by atoms with Crippen LogP contribution in [0.5, 0.6) is 0 Å². The third-order valence-electron chi connectivity index (χ3n) is 4.04. The van der Waals surface area contributed by atoms with E-state index >= 15 is 0 Å². The fourth-order valence-electron chi connectivity index (χ4n) is 2.79. The Balaban J connectivity index is 1.40. The fourth-order valence-corrected chi connectivity index (χ4v) is 4.14. The van der Waals surface area contributed by atoms with Crippen molar-refractivity contribution in [3.63, 3.8) is 0 Å². The van der Waals surface area contributed by atoms with Crippen LogP contribution in [0.15, 0.2) is 58.5 Å². The van der Waals surface area contributed by atoms with Gasteiger partial charge in [-0.15, -0.1) is 10.2 Å². The number of pyridine rings is 1. The average molecular weight is 411 g/mol. The van der Waals surface area contributed by atoms with E-state index in [-0.39, 0.29) is 11.9 Å². The van der Waals surface area contributed by atoms with Gasteiger partial charge in [0.25, 0.3) is 0 Å². The lowest BCUT2D eigenvalue weighted by molar-refractivity contribution is -0.119. The molecule has 28 heavy (non-hydrogen) atoms. The van der Waals surface area contributed by atoms with Crippen LogP contribution in [0.3, 0.4) is 0 Å². The summed E-state index contributed by atoms with van der Waals surface area (Å²) < 4.78 is 1.68. The number of thiophene rings is 1. The Hall–Kier alpha value is -2.78. The number of carbonyl (C=O) groups excluding carboxylic acids is 1. The maximum atomic E-state index is 12.3. The molecule has 1 unspecified atom stereocenters. The lowest BCUT2D eigenvalue weighted by Crippen LogP contribution is -2.35. The van der Waals surface area contributed by atoms with E-state index in [1.165, 1.54) is 17.3 Å². The minimum atomic E-state index is -0.00846. The highest BCUT2D eigenvalue weighted by Gasteiger charge is 2.12. The van der Waals surface area contributed by atoms with Crippen molar-refractivity contribution in [2.45, 2.75) is 24.4 Å². The zero-order valence-corrected chi connectivity index (χ0v) is 16.8. The molecule has 7 nitrogen and oxygen atoms in total. The molecule has 1 atom stereocenters. The standard InChI is InChI=1S/C19H18N6OS2/c1-13(9-14-6-8-27-11-14)21-17(26)12-28-18-5-4-16-22-23-19(25(16)24-18)15-3-2-7-20-10-15/h2-8,10-11,13H,9,12H2,1H3,(H,21,26). The van der Waals surface area contributed by atoms with Gasteiger partial charge < -0.3 is 5.32 Å². The monoisotopic (exact) mass is 410 g/mol. The van der Waals surface area contributed by atoms with Crippen molar-refractivity contribution in [1.82, 2.24) is 30.1 Å². The molecule has 0 saturated heterocycles. The van der Waals surface area contributed by atoms with Gasteiger partial charge in [-0.05, 0) is 60.0 Å². The van der Waals surface area contributed by atoms with Gasteiger partial charge in [-0.1, -0.05) is 11.8 Å². The molecule has 0 fully saturated rings. The van der Waals surface area contributed by atoms with Crippen molar-refractivity contribution in [2.75, 3.05) is 5.75 Å². The Morgan fingerprint density at radius 2 is 2.21 bits per heavy atom. The van der Waals surface area contributed by atoms with Gasteiger partial charge in [0.1, 0.15) is 5.03 Å². The second-order valence-corrected chi connectivity index (χ2v) is 8.08. The van der Waals surface area contributed by atoms with Crippen molar-refractivity contribution < 1.29 is 4.79 Å². The Kier molecular flexibility index (Phi) is 5.63. The van der Waals surface area contributed by atoms with Gasteiger partial charge in [0.05, 0.1) is 5.75 Å². The molecule has 0 aliphatic heterocycles. The highest BCUT2D eigenvalue weighted by atomic mass is 32.2. The van der Waals surface area contributed by atoms with Crippen molar-refractivity contribution in [1.29, 1.82) is 0 Å². The molecule has 142 valence electrons. The highest BCUT2D eigenvalue weighted by molar-refractivity contribution is 7.99. The van der Waals surface area contributed by atoms with Crippen LogP contribution in [0, 0.1) is 0 Å². The van der Waals surface area contributed by atoms with Crippen LogP contribution in [-0.4, -0.2) is 42.5 Å². The van der Waals surface area contributed by atoms with Crippen LogP contribution < -0.4 is 5.32 Å². The number of carbonyl (C=O) groups is 1. The summed E-state index contributed by atoms with van der Waals surface area (Å²) in [6.45, 7) is 2.02. The van der Waals surface area contributed by atoms with Crippen LogP contribution in [0.4, 0.5) is 0 Å². The Bertz CT molecular complexity index is 1060. The first-order valence-electron chi connectivity index (χ1n) is 8.75. The van der Waals surface area contributed by atoms with Gasteiger partial charge in [0.15, 0.2) is 11.5 Å². The van der Waals surface area contributed by atoms with Crippen molar-refractivity contribution in [3.05, 3.63) is 59.0 Å². The van der Waals surface area contributed by atoms with Crippen molar-refractivity contribution >= 4 is 34.7 Å². The Morgan fingerprint density at radius 1 is 1.29 bits per heavy atom. The quantitative estimate of drug-likeness (QED) is 0.471. The van der Waals surface area contributed by atoms with Crippen LogP contribution >= 0.6 is 23.1 Å². The maximum Gasteiger partial charge on any atom is 0.230 e. The number of hydrogen-bond donors (Lipinski definition) is 1. The highest BCUT2D eigenvalue weighted by Crippen LogP contribution is 2.20. The largest absolute Gasteiger partial charge is 0.353 e. The predicted octanol–water partition coefficient (Wildman–Crippen LogP) is 3.09. The molecule has 0 aliphatic rings. The van der Waals surface area contributed by atoms with E-state index in [9.17, 15) is 4.79 Å². The van der Waals surface area contributed by atoms with E-state index in [0.717, 1.165) is 17.0 Å². The van der Waals surface area contributed by atoms with Gasteiger partial charge in [-0.3, -0.25) is 9.78 Å². The van der Waals surface area contributed by atoms with Crippen LogP contribution in [-0.2, 0) is 11.2 Å². The summed E-state index contributed by atoms with van der Waals surface area (Å²) in [5.74, 6) is 0.918. The average Bonchev–Trinajstić information content (AvgIpc) is 3.36. The molecule has 0 aliphatic carbocycles. The summed E-state index contributed by atoms with van der Waals surface area (Å²) in [6.07, 6.45) is 4.26. The molecule has 0 aromatic carbocycles. The molecule has 1 N–H and O–H groups in total. The summed E-state index contributed by atoms with van der Waals surface area (Å²) in [4.78, 5) is 16.4. The third kappa shape index (κ3) is 4.37. The SMILES string of the molecule is CC(Cc1ccsc1)NC(=O)CSc1ccc2nnc(-c3cccnc3)n2n1. The number of nitrogens with one attached hydrogen (secondary N) is 1. The zero-order valence-electron chi connectivity index (χ0n) is 15.1. The Morgan fingerprint density at radius 3 is 3.00 bits per heavy atom. The lowest BCUT2D eigenvalue weighted by Gasteiger charge is -2.12. The van der Waals surface area contributed by atoms with Crippen molar-refractivity contribution in [3.8, 4) is 11.4 Å². The molecule has 0 saturated carbocycles. The molecule has 0 radical (unpaired) electrons. The van der Waals surface area contributed by atoms with Gasteiger partial charge in [-0.2, -0.15) is 21.0 Å². The van der Waals surface area contributed by atoms with E-state index in [1.54, 1.807) is 28.2 Å². The van der Waals surface area contributed by atoms with E-state index in [1.807, 2.05) is 36.6 Å². The molecule has 0 bridgehead atoms. The number of amides is 1. The van der Waals surface area contributed by atoms with Gasteiger partial charge >= 0.3 is 0 Å². The number of hydrogen-bond acceptors (Lipinski definition) is 7. The van der Waals surface area contributed by atoms with Crippen LogP contribution in [0.25, 0.3) is 17.0 Å². The number of aromatic nitrogens is 5. The minimum Gasteiger partial charge on any atom is -0.353 e. The maximum absolute atomic E-state index is 12.3. The molecule has 0 spiro atoms. The molecule has 9 heteroatoms. The predicted molar refractivity (Wildman–Crippen MR) is 110 cm³/mol. The number of nitrogens with zero attached hydrogens (tertiary/aromatic N) is 5. The molecular weight excluding hydrogens is 392 g/mol. The second kappa shape index (κ2) is 8.49. The topological polar surface area (TPSA) is 85.1 Å². The number of rotatable bonds is 7. The molecular formula is C19H18N6OS2. The molecule has 1 amide bonds. The van der Waals surface area contributed by atoms with Gasteiger partial charge in [-0.25, -0.2) is 0 Å². The fraction of sp³-hybridized carbons (Fsp3) is 0.211. The lowest BCUT2D eigenvalue weighted by atomic mass is 10.1. The number of fused-ring (bicyclic) bond motifs is 1. The summed E-state index contributed by atoms with van der Waals surface area (Å²) in [7, 11) is 0. The first kappa shape index (κ1) is 18.6. The summed E-state index contributed by atoms with van der Waals surface area (Å²) in [6, 6.07) is 9.63. The summed E-state index contributed by atoms with van der Waals surface area (Å²) in [5.41, 5.74) is 2.73.